The average Bonchev–Trinajstić information content (AvgIpc) is 3.26. The summed E-state index contributed by atoms with van der Waals surface area (Å²) in [6, 6.07) is 13.7. The third-order valence-electron chi connectivity index (χ3n) is 4.57. The molecule has 2 aromatic heterocycles. The van der Waals surface area contributed by atoms with E-state index in [1.54, 1.807) is 6.07 Å². The second kappa shape index (κ2) is 6.55. The summed E-state index contributed by atoms with van der Waals surface area (Å²) in [7, 11) is 0. The lowest BCUT2D eigenvalue weighted by Gasteiger charge is -2.07. The summed E-state index contributed by atoms with van der Waals surface area (Å²) in [4.78, 5) is 17.2. The quantitative estimate of drug-likeness (QED) is 0.783. The van der Waals surface area contributed by atoms with Gasteiger partial charge in [0.15, 0.2) is 0 Å². The van der Waals surface area contributed by atoms with E-state index in [9.17, 15) is 4.79 Å². The van der Waals surface area contributed by atoms with Crippen LogP contribution in [0.4, 0.5) is 0 Å². The van der Waals surface area contributed by atoms with Crippen LogP contribution in [0.2, 0.25) is 0 Å². The molecule has 0 saturated heterocycles. The van der Waals surface area contributed by atoms with Crippen LogP contribution in [0.5, 0.6) is 0 Å². The molecule has 0 radical (unpaired) electrons. The number of carbonyl (C=O) groups excluding carboxylic acids is 1. The SMILES string of the molecule is Cc1cc(C(=O)NCc2cnc3c(c2)CCC3)c(-c2ccccc2)o1. The number of benzene rings is 1. The Bertz CT molecular complexity index is 913. The summed E-state index contributed by atoms with van der Waals surface area (Å²) in [5.41, 5.74) is 5.02. The molecular formula is C21H20N2O2. The van der Waals surface area contributed by atoms with Crippen molar-refractivity contribution < 1.29 is 9.21 Å². The zero-order valence-electron chi connectivity index (χ0n) is 14.2. The van der Waals surface area contributed by atoms with Crippen molar-refractivity contribution in [1.29, 1.82) is 0 Å². The van der Waals surface area contributed by atoms with Crippen LogP contribution < -0.4 is 5.32 Å². The second-order valence-electron chi connectivity index (χ2n) is 6.45. The number of pyridine rings is 1. The van der Waals surface area contributed by atoms with E-state index in [2.05, 4.69) is 16.4 Å². The number of nitrogens with zero attached hydrogens (tertiary/aromatic N) is 1. The first kappa shape index (κ1) is 15.6. The van der Waals surface area contributed by atoms with Crippen molar-refractivity contribution in [2.75, 3.05) is 0 Å². The molecule has 0 atom stereocenters. The lowest BCUT2D eigenvalue weighted by atomic mass is 10.1. The molecule has 4 nitrogen and oxygen atoms in total. The minimum absolute atomic E-state index is 0.129. The molecule has 25 heavy (non-hydrogen) atoms. The first-order valence-electron chi connectivity index (χ1n) is 8.61. The maximum Gasteiger partial charge on any atom is 0.255 e. The molecule has 2 heterocycles. The predicted octanol–water partition coefficient (Wildman–Crippen LogP) is 4.07. The number of aromatic nitrogens is 1. The molecule has 0 fully saturated rings. The van der Waals surface area contributed by atoms with Crippen LogP contribution in [0.25, 0.3) is 11.3 Å². The normalized spacial score (nSPS) is 12.8. The molecule has 1 aliphatic rings. The largest absolute Gasteiger partial charge is 0.461 e. The maximum atomic E-state index is 12.7. The molecule has 0 spiro atoms. The van der Waals surface area contributed by atoms with Gasteiger partial charge in [-0.1, -0.05) is 36.4 Å². The molecule has 1 amide bonds. The number of hydrogen-bond acceptors (Lipinski definition) is 3. The van der Waals surface area contributed by atoms with Gasteiger partial charge in [-0.05, 0) is 43.4 Å². The maximum absolute atomic E-state index is 12.7. The zero-order valence-corrected chi connectivity index (χ0v) is 14.2. The summed E-state index contributed by atoms with van der Waals surface area (Å²) in [5.74, 6) is 1.21. The van der Waals surface area contributed by atoms with Crippen LogP contribution in [-0.2, 0) is 19.4 Å². The van der Waals surface area contributed by atoms with Crippen LogP contribution in [-0.4, -0.2) is 10.9 Å². The highest BCUT2D eigenvalue weighted by Gasteiger charge is 2.18. The highest BCUT2D eigenvalue weighted by molar-refractivity contribution is 5.99. The van der Waals surface area contributed by atoms with E-state index in [4.69, 9.17) is 4.42 Å². The second-order valence-corrected chi connectivity index (χ2v) is 6.45. The fourth-order valence-electron chi connectivity index (χ4n) is 3.34. The van der Waals surface area contributed by atoms with E-state index < -0.39 is 0 Å². The highest BCUT2D eigenvalue weighted by Crippen LogP contribution is 2.27. The summed E-state index contributed by atoms with van der Waals surface area (Å²) in [6.45, 7) is 2.32. The average molecular weight is 332 g/mol. The molecule has 4 rings (SSSR count). The molecule has 0 aliphatic heterocycles. The minimum atomic E-state index is -0.129. The van der Waals surface area contributed by atoms with Gasteiger partial charge in [0.05, 0.1) is 5.56 Å². The lowest BCUT2D eigenvalue weighted by Crippen LogP contribution is -2.23. The van der Waals surface area contributed by atoms with Crippen LogP contribution in [0.15, 0.2) is 53.1 Å². The molecule has 0 bridgehead atoms. The number of furan rings is 1. The smallest absolute Gasteiger partial charge is 0.255 e. The Morgan fingerprint density at radius 2 is 2.04 bits per heavy atom. The first-order chi connectivity index (χ1) is 12.2. The molecule has 126 valence electrons. The molecule has 0 saturated carbocycles. The van der Waals surface area contributed by atoms with Gasteiger partial charge in [-0.2, -0.15) is 0 Å². The Kier molecular flexibility index (Phi) is 4.10. The fourth-order valence-corrected chi connectivity index (χ4v) is 3.34. The molecule has 4 heteroatoms. The molecular weight excluding hydrogens is 312 g/mol. The van der Waals surface area contributed by atoms with Crippen LogP contribution >= 0.6 is 0 Å². The number of aryl methyl sites for hydroxylation is 3. The van der Waals surface area contributed by atoms with E-state index in [-0.39, 0.29) is 5.91 Å². The van der Waals surface area contributed by atoms with Crippen molar-refractivity contribution in [2.45, 2.75) is 32.7 Å². The minimum Gasteiger partial charge on any atom is -0.461 e. The van der Waals surface area contributed by atoms with Gasteiger partial charge < -0.3 is 9.73 Å². The van der Waals surface area contributed by atoms with Crippen molar-refractivity contribution in [3.8, 4) is 11.3 Å². The van der Waals surface area contributed by atoms with Crippen molar-refractivity contribution in [2.24, 2.45) is 0 Å². The van der Waals surface area contributed by atoms with Gasteiger partial charge in [0.1, 0.15) is 11.5 Å². The molecule has 1 N–H and O–H groups in total. The number of hydrogen-bond donors (Lipinski definition) is 1. The van der Waals surface area contributed by atoms with Gasteiger partial charge in [0, 0.05) is 24.0 Å². The summed E-state index contributed by atoms with van der Waals surface area (Å²) in [6.07, 6.45) is 5.19. The number of fused-ring (bicyclic) bond motifs is 1. The molecule has 0 unspecified atom stereocenters. The van der Waals surface area contributed by atoms with Crippen molar-refractivity contribution >= 4 is 5.91 Å². The summed E-state index contributed by atoms with van der Waals surface area (Å²) in [5, 5.41) is 2.99. The molecule has 3 aromatic rings. The van der Waals surface area contributed by atoms with Gasteiger partial charge in [0.25, 0.3) is 5.91 Å². The van der Waals surface area contributed by atoms with Crippen LogP contribution in [0.1, 0.15) is 39.4 Å². The first-order valence-corrected chi connectivity index (χ1v) is 8.61. The highest BCUT2D eigenvalue weighted by atomic mass is 16.3. The number of rotatable bonds is 4. The van der Waals surface area contributed by atoms with Gasteiger partial charge in [-0.3, -0.25) is 9.78 Å². The van der Waals surface area contributed by atoms with Gasteiger partial charge >= 0.3 is 0 Å². The Balaban J connectivity index is 1.52. The van der Waals surface area contributed by atoms with Crippen molar-refractivity contribution in [3.63, 3.8) is 0 Å². The standard InChI is InChI=1S/C21H20N2O2/c1-14-10-18(20(25-14)16-6-3-2-4-7-16)21(24)23-13-15-11-17-8-5-9-19(17)22-12-15/h2-4,6-7,10-12H,5,8-9,13H2,1H3,(H,23,24). The number of amides is 1. The van der Waals surface area contributed by atoms with E-state index in [1.165, 1.54) is 17.7 Å². The van der Waals surface area contributed by atoms with Gasteiger partial charge in [0.2, 0.25) is 0 Å². The van der Waals surface area contributed by atoms with Gasteiger partial charge in [-0.25, -0.2) is 0 Å². The van der Waals surface area contributed by atoms with E-state index in [1.807, 2.05) is 43.5 Å². The number of nitrogens with one attached hydrogen (secondary N) is 1. The lowest BCUT2D eigenvalue weighted by molar-refractivity contribution is 0.0951. The molecule has 1 aromatic carbocycles. The van der Waals surface area contributed by atoms with Crippen LogP contribution in [0.3, 0.4) is 0 Å². The summed E-state index contributed by atoms with van der Waals surface area (Å²) < 4.78 is 5.76. The topological polar surface area (TPSA) is 55.1 Å². The fraction of sp³-hybridized carbons (Fsp3) is 0.238. The van der Waals surface area contributed by atoms with E-state index in [0.29, 0.717) is 17.9 Å². The van der Waals surface area contributed by atoms with Crippen molar-refractivity contribution in [1.82, 2.24) is 10.3 Å². The zero-order chi connectivity index (χ0) is 17.2. The monoisotopic (exact) mass is 332 g/mol. The molecule has 1 aliphatic carbocycles. The Hall–Kier alpha value is -2.88. The van der Waals surface area contributed by atoms with E-state index in [0.717, 1.165) is 29.7 Å². The third kappa shape index (κ3) is 3.20. The third-order valence-corrected chi connectivity index (χ3v) is 4.57. The predicted molar refractivity (Wildman–Crippen MR) is 96.3 cm³/mol. The Morgan fingerprint density at radius 3 is 2.88 bits per heavy atom. The van der Waals surface area contributed by atoms with Crippen molar-refractivity contribution in [3.05, 3.63) is 76.8 Å². The van der Waals surface area contributed by atoms with Gasteiger partial charge in [-0.15, -0.1) is 0 Å². The number of carbonyl (C=O) groups is 1. The van der Waals surface area contributed by atoms with Crippen LogP contribution in [0, 0.1) is 6.92 Å². The Labute approximate surface area is 146 Å². The Morgan fingerprint density at radius 1 is 1.20 bits per heavy atom. The van der Waals surface area contributed by atoms with E-state index >= 15 is 0 Å². The summed E-state index contributed by atoms with van der Waals surface area (Å²) >= 11 is 0.